The molecule has 0 aliphatic heterocycles. The maximum absolute atomic E-state index is 12.2. The first kappa shape index (κ1) is 20.9. The molecule has 0 aliphatic carbocycles. The van der Waals surface area contributed by atoms with Gasteiger partial charge >= 0.3 is 0 Å². The molecule has 3 aromatic carbocycles. The van der Waals surface area contributed by atoms with E-state index in [-0.39, 0.29) is 23.7 Å². The first-order valence-corrected chi connectivity index (χ1v) is 9.36. The highest BCUT2D eigenvalue weighted by Gasteiger charge is 2.07. The highest BCUT2D eigenvalue weighted by Crippen LogP contribution is 2.29. The largest absolute Gasteiger partial charge is 0.504 e. The van der Waals surface area contributed by atoms with E-state index in [2.05, 4.69) is 0 Å². The minimum atomic E-state index is -0.320. The van der Waals surface area contributed by atoms with Crippen LogP contribution in [0.15, 0.2) is 66.7 Å². The van der Waals surface area contributed by atoms with Crippen molar-refractivity contribution in [3.8, 4) is 17.2 Å². The summed E-state index contributed by atoms with van der Waals surface area (Å²) in [6.07, 6.45) is 5.77. The van der Waals surface area contributed by atoms with E-state index < -0.39 is 0 Å². The lowest BCUT2D eigenvalue weighted by Crippen LogP contribution is -2.02. The molecular formula is C25H22O5. The molecule has 0 aliphatic rings. The third kappa shape index (κ3) is 4.94. The molecule has 0 atom stereocenters. The summed E-state index contributed by atoms with van der Waals surface area (Å²) in [5, 5.41) is 11.7. The van der Waals surface area contributed by atoms with Gasteiger partial charge in [0.1, 0.15) is 5.75 Å². The van der Waals surface area contributed by atoms with Gasteiger partial charge < -0.3 is 14.6 Å². The fourth-order valence-electron chi connectivity index (χ4n) is 3.09. The zero-order valence-corrected chi connectivity index (χ0v) is 16.8. The van der Waals surface area contributed by atoms with Crippen LogP contribution in [-0.2, 0) is 9.59 Å². The summed E-state index contributed by atoms with van der Waals surface area (Å²) in [6, 6.07) is 16.3. The average molecular weight is 402 g/mol. The van der Waals surface area contributed by atoms with Crippen molar-refractivity contribution in [2.45, 2.75) is 6.42 Å². The zero-order valence-electron chi connectivity index (χ0n) is 16.8. The van der Waals surface area contributed by atoms with Gasteiger partial charge in [-0.1, -0.05) is 48.6 Å². The second-order valence-corrected chi connectivity index (χ2v) is 6.61. The van der Waals surface area contributed by atoms with Gasteiger partial charge in [-0.25, -0.2) is 0 Å². The summed E-state index contributed by atoms with van der Waals surface area (Å²) >= 11 is 0. The summed E-state index contributed by atoms with van der Waals surface area (Å²) in [4.78, 5) is 24.3. The number of rotatable bonds is 8. The lowest BCUT2D eigenvalue weighted by atomic mass is 10.0. The third-order valence-electron chi connectivity index (χ3n) is 4.60. The Labute approximate surface area is 174 Å². The minimum absolute atomic E-state index is 0.0159. The summed E-state index contributed by atoms with van der Waals surface area (Å²) in [6.45, 7) is 0. The molecule has 5 nitrogen and oxygen atoms in total. The van der Waals surface area contributed by atoms with Gasteiger partial charge in [0.25, 0.3) is 0 Å². The second-order valence-electron chi connectivity index (χ2n) is 6.61. The first-order valence-electron chi connectivity index (χ1n) is 9.36. The van der Waals surface area contributed by atoms with Crippen molar-refractivity contribution in [1.82, 2.24) is 0 Å². The number of methoxy groups -OCH3 is 2. The van der Waals surface area contributed by atoms with Crippen molar-refractivity contribution in [3.63, 3.8) is 0 Å². The monoisotopic (exact) mass is 402 g/mol. The van der Waals surface area contributed by atoms with Crippen LogP contribution in [0.5, 0.6) is 17.2 Å². The number of hydrogen-bond donors (Lipinski definition) is 1. The Hall–Kier alpha value is -3.86. The number of ether oxygens (including phenoxy) is 2. The predicted octanol–water partition coefficient (Wildman–Crippen LogP) is 4.82. The van der Waals surface area contributed by atoms with Crippen LogP contribution in [0, 0.1) is 0 Å². The van der Waals surface area contributed by atoms with Gasteiger partial charge in [-0.15, -0.1) is 0 Å². The number of fused-ring (bicyclic) bond motifs is 1. The quantitative estimate of drug-likeness (QED) is 0.432. The van der Waals surface area contributed by atoms with Crippen LogP contribution in [0.4, 0.5) is 0 Å². The molecule has 3 aromatic rings. The minimum Gasteiger partial charge on any atom is -0.504 e. The van der Waals surface area contributed by atoms with Crippen LogP contribution in [0.25, 0.3) is 22.9 Å². The number of benzene rings is 3. The molecule has 0 saturated heterocycles. The van der Waals surface area contributed by atoms with Crippen LogP contribution in [0.2, 0.25) is 0 Å². The average Bonchev–Trinajstić information content (AvgIpc) is 2.76. The number of phenolic OH excluding ortho intramolecular Hbond substituents is 1. The molecule has 0 fully saturated rings. The fourth-order valence-corrected chi connectivity index (χ4v) is 3.09. The number of ketones is 2. The summed E-state index contributed by atoms with van der Waals surface area (Å²) in [5.41, 5.74) is 1.51. The Kier molecular flexibility index (Phi) is 6.65. The highest BCUT2D eigenvalue weighted by atomic mass is 16.5. The summed E-state index contributed by atoms with van der Waals surface area (Å²) in [5.74, 6) is 0.489. The van der Waals surface area contributed by atoms with Crippen LogP contribution in [-0.4, -0.2) is 30.9 Å². The predicted molar refractivity (Wildman–Crippen MR) is 118 cm³/mol. The highest BCUT2D eigenvalue weighted by molar-refractivity contribution is 6.11. The van der Waals surface area contributed by atoms with E-state index >= 15 is 0 Å². The maximum atomic E-state index is 12.2. The molecule has 5 heteroatoms. The van der Waals surface area contributed by atoms with Gasteiger partial charge in [0.2, 0.25) is 0 Å². The Morgan fingerprint density at radius 1 is 0.833 bits per heavy atom. The number of phenols is 1. The van der Waals surface area contributed by atoms with E-state index in [1.807, 2.05) is 36.4 Å². The SMILES string of the molecule is COc1ccc(/C=C/C(=O)CC(=O)/C=C/c2ccc(OC)c3ccccc23)cc1O. The van der Waals surface area contributed by atoms with Gasteiger partial charge in [0.05, 0.1) is 20.6 Å². The molecule has 0 saturated carbocycles. The lowest BCUT2D eigenvalue weighted by Gasteiger charge is -2.07. The van der Waals surface area contributed by atoms with Crippen molar-refractivity contribution in [2.24, 2.45) is 0 Å². The molecule has 0 amide bonds. The standard InChI is InChI=1S/C25H22O5/c1-29-24-14-10-18(21-5-3-4-6-22(21)24)9-12-20(27)16-19(26)11-7-17-8-13-25(30-2)23(28)15-17/h3-15,28H,16H2,1-2H3/b11-7+,12-9+. The van der Waals surface area contributed by atoms with E-state index in [1.165, 1.54) is 25.3 Å². The Morgan fingerprint density at radius 3 is 2.13 bits per heavy atom. The molecule has 0 radical (unpaired) electrons. The molecule has 152 valence electrons. The maximum Gasteiger partial charge on any atom is 0.163 e. The molecule has 0 aromatic heterocycles. The van der Waals surface area contributed by atoms with Gasteiger partial charge in [0.15, 0.2) is 23.1 Å². The number of carbonyl (C=O) groups excluding carboxylic acids is 2. The molecule has 30 heavy (non-hydrogen) atoms. The smallest absolute Gasteiger partial charge is 0.163 e. The van der Waals surface area contributed by atoms with E-state index in [4.69, 9.17) is 9.47 Å². The Morgan fingerprint density at radius 2 is 1.47 bits per heavy atom. The van der Waals surface area contributed by atoms with Crippen molar-refractivity contribution in [1.29, 1.82) is 0 Å². The Bertz CT molecular complexity index is 1140. The second kappa shape index (κ2) is 9.56. The van der Waals surface area contributed by atoms with Crippen LogP contribution < -0.4 is 9.47 Å². The zero-order chi connectivity index (χ0) is 21.5. The molecule has 0 heterocycles. The van der Waals surface area contributed by atoms with Gasteiger partial charge in [-0.05, 0) is 46.9 Å². The van der Waals surface area contributed by atoms with E-state index in [9.17, 15) is 14.7 Å². The Balaban J connectivity index is 1.67. The number of allylic oxidation sites excluding steroid dienone is 2. The molecule has 3 rings (SSSR count). The normalized spacial score (nSPS) is 11.3. The van der Waals surface area contributed by atoms with Crippen molar-refractivity contribution in [2.75, 3.05) is 14.2 Å². The van der Waals surface area contributed by atoms with Crippen molar-refractivity contribution >= 4 is 34.5 Å². The molecule has 0 spiro atoms. The summed E-state index contributed by atoms with van der Waals surface area (Å²) in [7, 11) is 3.08. The van der Waals surface area contributed by atoms with Crippen LogP contribution >= 0.6 is 0 Å². The van der Waals surface area contributed by atoms with E-state index in [0.717, 1.165) is 22.1 Å². The molecule has 0 unspecified atom stereocenters. The van der Waals surface area contributed by atoms with Crippen LogP contribution in [0.3, 0.4) is 0 Å². The van der Waals surface area contributed by atoms with Crippen LogP contribution in [0.1, 0.15) is 17.5 Å². The summed E-state index contributed by atoms with van der Waals surface area (Å²) < 4.78 is 10.4. The third-order valence-corrected chi connectivity index (χ3v) is 4.60. The molecule has 1 N–H and O–H groups in total. The first-order chi connectivity index (χ1) is 14.5. The number of aromatic hydroxyl groups is 1. The van der Waals surface area contributed by atoms with Crippen molar-refractivity contribution in [3.05, 3.63) is 77.9 Å². The van der Waals surface area contributed by atoms with E-state index in [1.54, 1.807) is 31.4 Å². The fraction of sp³-hybridized carbons (Fsp3) is 0.120. The number of hydrogen-bond acceptors (Lipinski definition) is 5. The topological polar surface area (TPSA) is 72.8 Å². The lowest BCUT2D eigenvalue weighted by molar-refractivity contribution is -0.121. The van der Waals surface area contributed by atoms with Crippen molar-refractivity contribution < 1.29 is 24.2 Å². The van der Waals surface area contributed by atoms with Gasteiger partial charge in [0, 0.05) is 5.39 Å². The van der Waals surface area contributed by atoms with Gasteiger partial charge in [-0.3, -0.25) is 9.59 Å². The molecule has 0 bridgehead atoms. The van der Waals surface area contributed by atoms with E-state index in [0.29, 0.717) is 11.3 Å². The van der Waals surface area contributed by atoms with Gasteiger partial charge in [-0.2, -0.15) is 0 Å². The number of carbonyl (C=O) groups is 2. The molecular weight excluding hydrogens is 380 g/mol.